The third kappa shape index (κ3) is 15.0. The van der Waals surface area contributed by atoms with E-state index in [1.54, 1.807) is 71.1 Å². The first-order valence-electron chi connectivity index (χ1n) is 25.5. The van der Waals surface area contributed by atoms with Crippen LogP contribution < -0.4 is 47.4 Å². The topological polar surface area (TPSA) is 145 Å². The molecule has 18 heteroatoms. The molecule has 2 aliphatic rings. The monoisotopic (exact) mass is 1100 g/mol. The predicted octanol–water partition coefficient (Wildman–Crippen LogP) is 9.87. The number of esters is 2. The van der Waals surface area contributed by atoms with Gasteiger partial charge in [-0.2, -0.15) is 0 Å². The summed E-state index contributed by atoms with van der Waals surface area (Å²) in [6.45, 7) is 4.02. The number of halogens is 2. The highest BCUT2D eigenvalue weighted by atomic mass is 35.5. The van der Waals surface area contributed by atoms with E-state index in [0.717, 1.165) is 59.1 Å². The van der Waals surface area contributed by atoms with Crippen LogP contribution in [0.5, 0.6) is 57.5 Å². The smallest absolute Gasteiger partial charge is 0.306 e. The maximum absolute atomic E-state index is 12.9. The van der Waals surface area contributed by atoms with Crippen molar-refractivity contribution >= 4 is 36.8 Å². The zero-order chi connectivity index (χ0) is 53.4. The van der Waals surface area contributed by atoms with Crippen molar-refractivity contribution in [3.8, 4) is 57.5 Å². The van der Waals surface area contributed by atoms with Crippen LogP contribution in [0.25, 0.3) is 0 Å². The highest BCUT2D eigenvalue weighted by Gasteiger charge is 2.42. The molecule has 0 aromatic heterocycles. The fourth-order valence-corrected chi connectivity index (χ4v) is 10.8. The number of ether oxygens (including phenoxy) is 12. The summed E-state index contributed by atoms with van der Waals surface area (Å²) in [5, 5.41) is 0. The fourth-order valence-electron chi connectivity index (χ4n) is 10.8. The molecule has 0 saturated carbocycles. The molecular formula is C58H82Cl2N2O14+2. The van der Waals surface area contributed by atoms with Crippen LogP contribution in [0.1, 0.15) is 84.0 Å². The number of rotatable bonds is 28. The first-order valence-corrected chi connectivity index (χ1v) is 25.5. The van der Waals surface area contributed by atoms with Crippen LogP contribution in [-0.2, 0) is 44.7 Å². The molecule has 76 heavy (non-hydrogen) atoms. The Labute approximate surface area is 462 Å². The van der Waals surface area contributed by atoms with E-state index in [4.69, 9.17) is 56.8 Å². The molecule has 0 saturated heterocycles. The van der Waals surface area contributed by atoms with Gasteiger partial charge in [-0.1, -0.05) is 12.2 Å². The lowest BCUT2D eigenvalue weighted by atomic mass is 9.86. The van der Waals surface area contributed by atoms with Crippen LogP contribution in [0.3, 0.4) is 0 Å². The summed E-state index contributed by atoms with van der Waals surface area (Å²) < 4.78 is 69.8. The van der Waals surface area contributed by atoms with Gasteiger partial charge in [-0.15, -0.1) is 24.8 Å². The van der Waals surface area contributed by atoms with Crippen LogP contribution in [0, 0.1) is 0 Å². The van der Waals surface area contributed by atoms with Crippen LogP contribution in [0.15, 0.2) is 60.7 Å². The summed E-state index contributed by atoms with van der Waals surface area (Å²) in [5.74, 6) is 5.81. The van der Waals surface area contributed by atoms with Gasteiger partial charge >= 0.3 is 11.9 Å². The molecular weight excluding hydrogens is 1020 g/mol. The van der Waals surface area contributed by atoms with Gasteiger partial charge in [-0.3, -0.25) is 9.59 Å². The summed E-state index contributed by atoms with van der Waals surface area (Å²) >= 11 is 0. The van der Waals surface area contributed by atoms with E-state index >= 15 is 0 Å². The molecule has 0 N–H and O–H groups in total. The lowest BCUT2D eigenvalue weighted by Crippen LogP contribution is -2.52. The Hall–Kier alpha value is -5.94. The Morgan fingerprint density at radius 3 is 1.08 bits per heavy atom. The molecule has 4 atom stereocenters. The van der Waals surface area contributed by atoms with Crippen molar-refractivity contribution in [2.45, 2.75) is 76.3 Å². The van der Waals surface area contributed by atoms with E-state index < -0.39 is 0 Å². The zero-order valence-corrected chi connectivity index (χ0v) is 48.3. The zero-order valence-electron chi connectivity index (χ0n) is 46.7. The number of allylic oxidation sites excluding steroid dienone is 2. The molecule has 2 unspecified atom stereocenters. The fraction of sp³-hybridized carbons (Fsp3) is 0.517. The molecule has 16 nitrogen and oxygen atoms in total. The molecule has 420 valence electrons. The molecule has 0 radical (unpaired) electrons. The Bertz CT molecular complexity index is 2350. The average Bonchev–Trinajstić information content (AvgIpc) is 3.42. The third-order valence-corrected chi connectivity index (χ3v) is 15.0. The van der Waals surface area contributed by atoms with Crippen molar-refractivity contribution in [1.82, 2.24) is 0 Å². The molecule has 0 spiro atoms. The van der Waals surface area contributed by atoms with Gasteiger partial charge in [-0.25, -0.2) is 0 Å². The Kier molecular flexibility index (Phi) is 24.3. The van der Waals surface area contributed by atoms with Gasteiger partial charge in [0.05, 0.1) is 125 Å². The summed E-state index contributed by atoms with van der Waals surface area (Å²) in [5.41, 5.74) is 6.93. The van der Waals surface area contributed by atoms with E-state index in [0.29, 0.717) is 109 Å². The van der Waals surface area contributed by atoms with Gasteiger partial charge in [0.2, 0.25) is 11.5 Å². The number of carbonyl (C=O) groups excluding carboxylic acids is 2. The number of nitrogens with zero attached hydrogens (tertiary/aromatic N) is 2. The summed E-state index contributed by atoms with van der Waals surface area (Å²) in [6, 6.07) is 16.5. The largest absolute Gasteiger partial charge is 0.493 e. The summed E-state index contributed by atoms with van der Waals surface area (Å²) in [6.07, 6.45) is 9.94. The van der Waals surface area contributed by atoms with Crippen LogP contribution >= 0.6 is 24.8 Å². The van der Waals surface area contributed by atoms with E-state index in [1.165, 1.54) is 22.3 Å². The van der Waals surface area contributed by atoms with E-state index in [2.05, 4.69) is 38.4 Å². The van der Waals surface area contributed by atoms with E-state index in [-0.39, 0.29) is 61.7 Å². The molecule has 4 aromatic carbocycles. The second-order valence-corrected chi connectivity index (χ2v) is 19.4. The first-order chi connectivity index (χ1) is 35.7. The number of quaternary nitrogens is 2. The molecule has 0 aliphatic carbocycles. The molecule has 2 heterocycles. The second kappa shape index (κ2) is 29.5. The molecule has 2 aliphatic heterocycles. The average molecular weight is 1100 g/mol. The maximum atomic E-state index is 12.9. The Morgan fingerprint density at radius 2 is 0.776 bits per heavy atom. The minimum absolute atomic E-state index is 0. The lowest BCUT2D eigenvalue weighted by molar-refractivity contribution is -0.941. The van der Waals surface area contributed by atoms with Gasteiger partial charge in [0.15, 0.2) is 46.0 Å². The standard InChI is InChI=1S/C58H80N2O14.2ClH/c1-59(25-21-41-35-47(63-3)49(65-5)37-43(41)45(59)29-39-31-51(67-7)57(71-11)52(32-39)68-8)23-17-27-73-55(61)19-15-13-14-16-20-56(62)74-28-18-24-60(2)26-22-42-36-48(64-4)50(66-6)38-44(42)46(60)30-40-33-53(69-9)58(72-12)54(34-40)70-10;;/h13-14,31-38,45-46H,15-30H2,1-12H3;2*1H/q+2;;/b14-13+;;/t45-,46+,59?,60?;;. The van der Waals surface area contributed by atoms with Gasteiger partial charge in [-0.05, 0) is 83.6 Å². The minimum atomic E-state index is -0.246. The van der Waals surface area contributed by atoms with Crippen molar-refractivity contribution in [2.75, 3.05) is 125 Å². The van der Waals surface area contributed by atoms with Gasteiger partial charge in [0.1, 0.15) is 12.1 Å². The number of hydrogen-bond donors (Lipinski definition) is 0. The molecule has 6 rings (SSSR count). The SMILES string of the molecule is COc1cc2c(cc1OC)[C@@H](Cc1cc(OC)c(OC)c(OC)c1)[N+](C)(CCCOC(=O)CC/C=C/CCC(=O)OCCC[N+]1(C)CCc3cc(OC)c(OC)cc3[C@@H]1Cc1cc(OC)c(OC)c(OC)c1)CC2.Cl.Cl. The number of carbonyl (C=O) groups is 2. The third-order valence-electron chi connectivity index (χ3n) is 15.0. The van der Waals surface area contributed by atoms with Crippen molar-refractivity contribution in [3.05, 3.63) is 94.1 Å². The summed E-state index contributed by atoms with van der Waals surface area (Å²) in [7, 11) is 20.9. The molecule has 0 fully saturated rings. The summed E-state index contributed by atoms with van der Waals surface area (Å²) in [4.78, 5) is 25.7. The van der Waals surface area contributed by atoms with E-state index in [1.807, 2.05) is 36.4 Å². The van der Waals surface area contributed by atoms with Crippen LogP contribution in [0.4, 0.5) is 0 Å². The van der Waals surface area contributed by atoms with Gasteiger partial charge in [0.25, 0.3) is 0 Å². The first kappa shape index (κ1) is 62.6. The van der Waals surface area contributed by atoms with E-state index in [9.17, 15) is 9.59 Å². The predicted molar refractivity (Wildman–Crippen MR) is 297 cm³/mol. The number of hydrogen-bond acceptors (Lipinski definition) is 14. The van der Waals surface area contributed by atoms with Crippen LogP contribution in [-0.4, -0.2) is 145 Å². The van der Waals surface area contributed by atoms with Gasteiger partial charge in [0, 0.05) is 62.5 Å². The number of fused-ring (bicyclic) bond motifs is 2. The number of likely N-dealkylation sites (N-methyl/N-ethyl adjacent to an activating group) is 2. The maximum Gasteiger partial charge on any atom is 0.306 e. The quantitative estimate of drug-likeness (QED) is 0.0230. The van der Waals surface area contributed by atoms with Crippen molar-refractivity contribution in [3.63, 3.8) is 0 Å². The lowest BCUT2D eigenvalue weighted by Gasteiger charge is -2.46. The van der Waals surface area contributed by atoms with Crippen molar-refractivity contribution in [2.24, 2.45) is 0 Å². The Morgan fingerprint density at radius 1 is 0.461 bits per heavy atom. The number of methoxy groups -OCH3 is 10. The molecule has 4 aromatic rings. The number of benzene rings is 4. The highest BCUT2D eigenvalue weighted by molar-refractivity contribution is 5.85. The van der Waals surface area contributed by atoms with Crippen molar-refractivity contribution < 1.29 is 75.4 Å². The second-order valence-electron chi connectivity index (χ2n) is 19.4. The van der Waals surface area contributed by atoms with Crippen LogP contribution in [0.2, 0.25) is 0 Å². The van der Waals surface area contributed by atoms with Gasteiger partial charge < -0.3 is 65.8 Å². The Balaban J connectivity index is 0.00000624. The molecule has 0 bridgehead atoms. The highest BCUT2D eigenvalue weighted by Crippen LogP contribution is 2.47. The minimum Gasteiger partial charge on any atom is -0.493 e. The van der Waals surface area contributed by atoms with Crippen molar-refractivity contribution in [1.29, 1.82) is 0 Å². The molecule has 0 amide bonds. The normalized spacial score (nSPS) is 18.4.